The molecule has 9 atom stereocenters. The number of esters is 2. The third-order valence-corrected chi connectivity index (χ3v) is 6.65. The molecule has 16 nitrogen and oxygen atoms in total. The zero-order valence-electron chi connectivity index (χ0n) is 23.3. The predicted molar refractivity (Wildman–Crippen MR) is 137 cm³/mol. The first-order chi connectivity index (χ1) is 19.9. The molecule has 1 aromatic rings. The van der Waals surface area contributed by atoms with Gasteiger partial charge in [-0.1, -0.05) is 0 Å². The number of benzene rings is 1. The topological polar surface area (TPSA) is 229 Å². The van der Waals surface area contributed by atoms with E-state index in [2.05, 4.69) is 0 Å². The van der Waals surface area contributed by atoms with Gasteiger partial charge in [-0.15, -0.1) is 0 Å². The molecule has 3 rings (SSSR count). The molecule has 0 unspecified atom stereocenters. The molecule has 1 aromatic carbocycles. The predicted octanol–water partition coefficient (Wildman–Crippen LogP) is -2.53. The van der Waals surface area contributed by atoms with Crippen molar-refractivity contribution in [2.24, 2.45) is 0 Å². The Hall–Kier alpha value is -3.06. The van der Waals surface area contributed by atoms with Gasteiger partial charge in [0.2, 0.25) is 11.5 Å². The van der Waals surface area contributed by atoms with Gasteiger partial charge in [-0.05, 0) is 23.8 Å². The molecule has 2 heterocycles. The second-order valence-corrected chi connectivity index (χ2v) is 9.38. The van der Waals surface area contributed by atoms with Crippen molar-refractivity contribution in [1.82, 2.24) is 0 Å². The van der Waals surface area contributed by atoms with Crippen LogP contribution in [0.15, 0.2) is 18.2 Å². The summed E-state index contributed by atoms with van der Waals surface area (Å²) in [4.78, 5) is 24.0. The highest BCUT2D eigenvalue weighted by atomic mass is 16.8. The number of carbonyl (C=O) groups excluding carboxylic acids is 2. The summed E-state index contributed by atoms with van der Waals surface area (Å²) in [6, 6.07) is 3.10. The smallest absolute Gasteiger partial charge is 0.331 e. The third-order valence-electron chi connectivity index (χ3n) is 6.65. The van der Waals surface area contributed by atoms with Crippen LogP contribution in [0.1, 0.15) is 12.5 Å². The Morgan fingerprint density at radius 2 is 1.57 bits per heavy atom. The fourth-order valence-electron chi connectivity index (χ4n) is 4.49. The van der Waals surface area contributed by atoms with E-state index in [1.54, 1.807) is 12.1 Å². The van der Waals surface area contributed by atoms with Crippen molar-refractivity contribution in [3.05, 3.63) is 23.8 Å². The lowest BCUT2D eigenvalue weighted by Gasteiger charge is -2.43. The molecule has 0 spiro atoms. The SMILES string of the molecule is COc1cc(/C=C/C(=O)O[C@H]2[C@H](O)[C@@H](CO)O[C@@]2(CO)O[C@H]2O[C@H](COC(C)=O)[C@@H](O)[C@H](O)[C@H]2O)cc(OC)c1OC. The van der Waals surface area contributed by atoms with Crippen molar-refractivity contribution in [3.63, 3.8) is 0 Å². The maximum atomic E-state index is 12.8. The molecule has 0 aliphatic carbocycles. The molecule has 0 aromatic heterocycles. The van der Waals surface area contributed by atoms with E-state index in [1.807, 2.05) is 0 Å². The number of rotatable bonds is 12. The molecule has 2 fully saturated rings. The Morgan fingerprint density at radius 3 is 2.10 bits per heavy atom. The van der Waals surface area contributed by atoms with Crippen LogP contribution in [0.5, 0.6) is 17.2 Å². The lowest BCUT2D eigenvalue weighted by molar-refractivity contribution is -0.383. The fraction of sp³-hybridized carbons (Fsp3) is 0.615. The van der Waals surface area contributed by atoms with E-state index in [4.69, 9.17) is 37.9 Å². The number of hydrogen-bond acceptors (Lipinski definition) is 16. The largest absolute Gasteiger partial charge is 0.493 e. The molecule has 6 N–H and O–H groups in total. The molecule has 0 bridgehead atoms. The van der Waals surface area contributed by atoms with Gasteiger partial charge in [0.05, 0.1) is 27.9 Å². The van der Waals surface area contributed by atoms with Crippen LogP contribution in [0.4, 0.5) is 0 Å². The van der Waals surface area contributed by atoms with E-state index in [0.29, 0.717) is 22.8 Å². The molecule has 236 valence electrons. The molecular weight excluding hydrogens is 568 g/mol. The lowest BCUT2D eigenvalue weighted by Crippen LogP contribution is -2.63. The van der Waals surface area contributed by atoms with E-state index in [1.165, 1.54) is 27.4 Å². The van der Waals surface area contributed by atoms with E-state index >= 15 is 0 Å². The zero-order valence-corrected chi connectivity index (χ0v) is 23.3. The number of ether oxygens (including phenoxy) is 8. The Morgan fingerprint density at radius 1 is 0.929 bits per heavy atom. The minimum atomic E-state index is -2.41. The van der Waals surface area contributed by atoms with Gasteiger partial charge < -0.3 is 68.5 Å². The Kier molecular flexibility index (Phi) is 11.5. The van der Waals surface area contributed by atoms with Crippen molar-refractivity contribution in [2.45, 2.75) is 61.7 Å². The molecule has 0 saturated carbocycles. The van der Waals surface area contributed by atoms with Gasteiger partial charge >= 0.3 is 11.9 Å². The molecular formula is C26H36O16. The van der Waals surface area contributed by atoms with Gasteiger partial charge in [0.15, 0.2) is 23.9 Å². The van der Waals surface area contributed by atoms with Gasteiger partial charge in [0.25, 0.3) is 0 Å². The monoisotopic (exact) mass is 604 g/mol. The van der Waals surface area contributed by atoms with Gasteiger partial charge in [-0.25, -0.2) is 4.79 Å². The number of hydrogen-bond donors (Lipinski definition) is 6. The molecule has 2 saturated heterocycles. The highest BCUT2D eigenvalue weighted by Gasteiger charge is 2.60. The highest BCUT2D eigenvalue weighted by molar-refractivity contribution is 5.87. The lowest BCUT2D eigenvalue weighted by atomic mass is 9.99. The van der Waals surface area contributed by atoms with E-state index < -0.39 is 86.6 Å². The average Bonchev–Trinajstić information content (AvgIpc) is 3.24. The molecule has 0 amide bonds. The number of aliphatic hydroxyl groups is 6. The van der Waals surface area contributed by atoms with Gasteiger partial charge in [-0.3, -0.25) is 4.79 Å². The van der Waals surface area contributed by atoms with Crippen molar-refractivity contribution >= 4 is 18.0 Å². The van der Waals surface area contributed by atoms with Crippen LogP contribution in [-0.4, -0.2) is 139 Å². The minimum Gasteiger partial charge on any atom is -0.493 e. The second kappa shape index (κ2) is 14.4. The average molecular weight is 605 g/mol. The summed E-state index contributed by atoms with van der Waals surface area (Å²) in [6.45, 7) is -1.30. The molecule has 2 aliphatic heterocycles. The van der Waals surface area contributed by atoms with Crippen LogP contribution in [0.2, 0.25) is 0 Å². The number of carbonyl (C=O) groups is 2. The summed E-state index contributed by atoms with van der Waals surface area (Å²) in [5.74, 6) is -3.21. The van der Waals surface area contributed by atoms with Crippen molar-refractivity contribution in [2.75, 3.05) is 41.2 Å². The molecule has 0 radical (unpaired) electrons. The maximum absolute atomic E-state index is 12.8. The third kappa shape index (κ3) is 7.11. The molecule has 16 heteroatoms. The molecule has 2 aliphatic rings. The van der Waals surface area contributed by atoms with Gasteiger partial charge in [0, 0.05) is 13.0 Å². The summed E-state index contributed by atoms with van der Waals surface area (Å²) in [7, 11) is 4.26. The van der Waals surface area contributed by atoms with Crippen LogP contribution >= 0.6 is 0 Å². The van der Waals surface area contributed by atoms with Crippen LogP contribution in [0, 0.1) is 0 Å². The van der Waals surface area contributed by atoms with Crippen LogP contribution in [0.3, 0.4) is 0 Å². The van der Waals surface area contributed by atoms with Crippen LogP contribution < -0.4 is 14.2 Å². The molecule has 42 heavy (non-hydrogen) atoms. The Labute approximate surface area is 240 Å². The summed E-state index contributed by atoms with van der Waals surface area (Å²) in [5.41, 5.74) is 0.438. The quantitative estimate of drug-likeness (QED) is 0.107. The summed E-state index contributed by atoms with van der Waals surface area (Å²) in [6.07, 6.45) is -11.3. The first-order valence-electron chi connectivity index (χ1n) is 12.7. The van der Waals surface area contributed by atoms with E-state index in [-0.39, 0.29) is 0 Å². The first kappa shape index (κ1) is 33.4. The standard InChI is InChI=1S/C26H36O16/c1-12(29)38-10-17-19(31)21(33)22(34)25(39-17)42-26(11-28)24(20(32)16(9-27)41-26)40-18(30)6-5-13-7-14(35-2)23(37-4)15(8-13)36-3/h5-8,16-17,19-22,24-25,27-28,31-34H,9-11H2,1-4H3/b6-5+/t16-,17-,19-,20-,21+,22-,24+,25-,26+/m1/s1. The summed E-state index contributed by atoms with van der Waals surface area (Å²) < 4.78 is 42.6. The highest BCUT2D eigenvalue weighted by Crippen LogP contribution is 2.39. The minimum absolute atomic E-state index is 0.313. The fourth-order valence-corrected chi connectivity index (χ4v) is 4.49. The van der Waals surface area contributed by atoms with E-state index in [0.717, 1.165) is 13.0 Å². The zero-order chi connectivity index (χ0) is 31.2. The van der Waals surface area contributed by atoms with Crippen LogP contribution in [0.25, 0.3) is 6.08 Å². The summed E-state index contributed by atoms with van der Waals surface area (Å²) in [5, 5.41) is 61.8. The normalized spacial score (nSPS) is 32.9. The number of methoxy groups -OCH3 is 3. The Balaban J connectivity index is 1.84. The van der Waals surface area contributed by atoms with Gasteiger partial charge in [0.1, 0.15) is 49.8 Å². The second-order valence-electron chi connectivity index (χ2n) is 9.38. The summed E-state index contributed by atoms with van der Waals surface area (Å²) >= 11 is 0. The van der Waals surface area contributed by atoms with Crippen molar-refractivity contribution < 1.29 is 78.1 Å². The van der Waals surface area contributed by atoms with E-state index in [9.17, 15) is 40.2 Å². The first-order valence-corrected chi connectivity index (χ1v) is 12.7. The maximum Gasteiger partial charge on any atom is 0.331 e. The Bertz CT molecular complexity index is 1080. The van der Waals surface area contributed by atoms with Crippen molar-refractivity contribution in [1.29, 1.82) is 0 Å². The van der Waals surface area contributed by atoms with Gasteiger partial charge in [-0.2, -0.15) is 0 Å². The van der Waals surface area contributed by atoms with Crippen molar-refractivity contribution in [3.8, 4) is 17.2 Å². The van der Waals surface area contributed by atoms with Crippen LogP contribution in [-0.2, 0) is 33.3 Å². The number of aliphatic hydroxyl groups excluding tert-OH is 6.